The first-order chi connectivity index (χ1) is 8.16. The van der Waals surface area contributed by atoms with Crippen LogP contribution >= 0.6 is 0 Å². The van der Waals surface area contributed by atoms with Crippen LogP contribution in [0.5, 0.6) is 0 Å². The minimum Gasteiger partial charge on any atom is -0.294 e. The highest BCUT2D eigenvalue weighted by atomic mass is 16.1. The molecule has 0 unspecified atom stereocenters. The third kappa shape index (κ3) is 2.75. The topological polar surface area (TPSA) is 42.9 Å². The van der Waals surface area contributed by atoms with E-state index in [4.69, 9.17) is 0 Å². The fraction of sp³-hybridized carbons (Fsp3) is 0.214. The fourth-order valence-corrected chi connectivity index (χ4v) is 1.70. The van der Waals surface area contributed by atoms with Gasteiger partial charge in [0.15, 0.2) is 5.78 Å². The number of nitrogens with zero attached hydrogens (tertiary/aromatic N) is 2. The minimum absolute atomic E-state index is 0.0670. The standard InChI is InChI=1S/C14H14N2O/c1-10-4-5-11(2)12(8-10)13(17)9-14-15-6-3-7-16-14/h3-8H,9H2,1-2H3. The molecule has 0 N–H and O–H groups in total. The maximum absolute atomic E-state index is 12.1. The molecule has 1 heterocycles. The molecule has 1 aromatic carbocycles. The zero-order valence-electron chi connectivity index (χ0n) is 9.97. The quantitative estimate of drug-likeness (QED) is 0.755. The number of benzene rings is 1. The minimum atomic E-state index is 0.0670. The number of carbonyl (C=O) groups excluding carboxylic acids is 1. The Hall–Kier alpha value is -2.03. The van der Waals surface area contributed by atoms with Gasteiger partial charge in [-0.15, -0.1) is 0 Å². The summed E-state index contributed by atoms with van der Waals surface area (Å²) in [4.78, 5) is 20.2. The van der Waals surface area contributed by atoms with Gasteiger partial charge in [-0.2, -0.15) is 0 Å². The van der Waals surface area contributed by atoms with Crippen LogP contribution in [0.15, 0.2) is 36.7 Å². The van der Waals surface area contributed by atoms with Crippen LogP contribution in [-0.4, -0.2) is 15.8 Å². The number of carbonyl (C=O) groups is 1. The van der Waals surface area contributed by atoms with Crippen LogP contribution in [0.25, 0.3) is 0 Å². The van der Waals surface area contributed by atoms with Crippen molar-refractivity contribution in [1.82, 2.24) is 9.97 Å². The predicted molar refractivity (Wildman–Crippen MR) is 66.0 cm³/mol. The van der Waals surface area contributed by atoms with E-state index in [1.807, 2.05) is 32.0 Å². The number of aromatic nitrogens is 2. The highest BCUT2D eigenvalue weighted by Gasteiger charge is 2.11. The van der Waals surface area contributed by atoms with Crippen molar-refractivity contribution in [2.24, 2.45) is 0 Å². The average Bonchev–Trinajstić information content (AvgIpc) is 2.33. The predicted octanol–water partition coefficient (Wildman–Crippen LogP) is 2.52. The Bertz CT molecular complexity index is 535. The van der Waals surface area contributed by atoms with Crippen LogP contribution in [0.4, 0.5) is 0 Å². The van der Waals surface area contributed by atoms with Crippen LogP contribution in [0, 0.1) is 13.8 Å². The molecule has 0 saturated carbocycles. The SMILES string of the molecule is Cc1ccc(C)c(C(=O)Cc2ncccn2)c1. The molecule has 0 saturated heterocycles. The summed E-state index contributed by atoms with van der Waals surface area (Å²) in [5, 5.41) is 0. The van der Waals surface area contributed by atoms with Crippen molar-refractivity contribution in [3.63, 3.8) is 0 Å². The molecule has 3 nitrogen and oxygen atoms in total. The van der Waals surface area contributed by atoms with E-state index in [1.165, 1.54) is 0 Å². The molecule has 0 atom stereocenters. The summed E-state index contributed by atoms with van der Waals surface area (Å²) in [6.07, 6.45) is 3.56. The van der Waals surface area contributed by atoms with Gasteiger partial charge in [-0.25, -0.2) is 9.97 Å². The number of rotatable bonds is 3. The van der Waals surface area contributed by atoms with Crippen LogP contribution in [0.2, 0.25) is 0 Å². The third-order valence-electron chi connectivity index (χ3n) is 2.63. The summed E-state index contributed by atoms with van der Waals surface area (Å²) in [5.74, 6) is 0.635. The van der Waals surface area contributed by atoms with E-state index in [9.17, 15) is 4.79 Å². The molecule has 0 aliphatic heterocycles. The maximum Gasteiger partial charge on any atom is 0.170 e. The number of ketones is 1. The monoisotopic (exact) mass is 226 g/mol. The van der Waals surface area contributed by atoms with Crippen molar-refractivity contribution < 1.29 is 4.79 Å². The molecule has 0 aliphatic carbocycles. The summed E-state index contributed by atoms with van der Waals surface area (Å²) < 4.78 is 0. The van der Waals surface area contributed by atoms with Gasteiger partial charge in [-0.05, 0) is 31.5 Å². The zero-order chi connectivity index (χ0) is 12.3. The van der Waals surface area contributed by atoms with Gasteiger partial charge in [0.25, 0.3) is 0 Å². The first-order valence-electron chi connectivity index (χ1n) is 5.53. The van der Waals surface area contributed by atoms with Crippen LogP contribution in [0.3, 0.4) is 0 Å². The maximum atomic E-state index is 12.1. The van der Waals surface area contributed by atoms with Crippen molar-refractivity contribution in [3.05, 3.63) is 59.2 Å². The largest absolute Gasteiger partial charge is 0.294 e. The lowest BCUT2D eigenvalue weighted by Gasteiger charge is -2.05. The van der Waals surface area contributed by atoms with Crippen molar-refractivity contribution in [1.29, 1.82) is 0 Å². The van der Waals surface area contributed by atoms with E-state index in [0.29, 0.717) is 5.82 Å². The molecule has 1 aromatic heterocycles. The molecule has 0 spiro atoms. The first kappa shape index (κ1) is 11.5. The summed E-state index contributed by atoms with van der Waals surface area (Å²) in [6.45, 7) is 3.92. The van der Waals surface area contributed by atoms with E-state index in [1.54, 1.807) is 18.5 Å². The molecule has 0 fully saturated rings. The molecular formula is C14H14N2O. The molecule has 0 amide bonds. The Labute approximate surface area is 101 Å². The fourth-order valence-electron chi connectivity index (χ4n) is 1.70. The zero-order valence-corrected chi connectivity index (χ0v) is 9.97. The second kappa shape index (κ2) is 4.87. The molecular weight excluding hydrogens is 212 g/mol. The second-order valence-electron chi connectivity index (χ2n) is 4.08. The van der Waals surface area contributed by atoms with Crippen LogP contribution in [0.1, 0.15) is 27.3 Å². The van der Waals surface area contributed by atoms with Gasteiger partial charge in [0.1, 0.15) is 5.82 Å². The van der Waals surface area contributed by atoms with E-state index < -0.39 is 0 Å². The lowest BCUT2D eigenvalue weighted by atomic mass is 10.00. The second-order valence-corrected chi connectivity index (χ2v) is 4.08. The molecule has 3 heteroatoms. The Balaban J connectivity index is 2.23. The normalized spacial score (nSPS) is 10.2. The van der Waals surface area contributed by atoms with Gasteiger partial charge in [0.2, 0.25) is 0 Å². The molecule has 0 aliphatic rings. The van der Waals surface area contributed by atoms with Gasteiger partial charge >= 0.3 is 0 Å². The smallest absolute Gasteiger partial charge is 0.170 e. The van der Waals surface area contributed by atoms with Crippen molar-refractivity contribution >= 4 is 5.78 Å². The van der Waals surface area contributed by atoms with E-state index in [-0.39, 0.29) is 12.2 Å². The Morgan fingerprint density at radius 1 is 1.18 bits per heavy atom. The van der Waals surface area contributed by atoms with Crippen molar-refractivity contribution in [3.8, 4) is 0 Å². The molecule has 2 aromatic rings. The Morgan fingerprint density at radius 2 is 1.88 bits per heavy atom. The van der Waals surface area contributed by atoms with Gasteiger partial charge < -0.3 is 0 Å². The molecule has 86 valence electrons. The van der Waals surface area contributed by atoms with Crippen molar-refractivity contribution in [2.75, 3.05) is 0 Å². The summed E-state index contributed by atoms with van der Waals surface area (Å²) in [6, 6.07) is 7.63. The van der Waals surface area contributed by atoms with E-state index >= 15 is 0 Å². The van der Waals surface area contributed by atoms with Gasteiger partial charge in [0, 0.05) is 18.0 Å². The number of aryl methyl sites for hydroxylation is 2. The number of Topliss-reactive ketones (excluding diaryl/α,β-unsaturated/α-hetero) is 1. The lowest BCUT2D eigenvalue weighted by Crippen LogP contribution is -2.08. The van der Waals surface area contributed by atoms with Crippen molar-refractivity contribution in [2.45, 2.75) is 20.3 Å². The first-order valence-corrected chi connectivity index (χ1v) is 5.53. The number of hydrogen-bond donors (Lipinski definition) is 0. The molecule has 0 radical (unpaired) electrons. The third-order valence-corrected chi connectivity index (χ3v) is 2.63. The summed E-state index contributed by atoms with van der Waals surface area (Å²) >= 11 is 0. The van der Waals surface area contributed by atoms with Gasteiger partial charge in [0.05, 0.1) is 6.42 Å². The molecule has 2 rings (SSSR count). The summed E-state index contributed by atoms with van der Waals surface area (Å²) in [5.41, 5.74) is 2.85. The lowest BCUT2D eigenvalue weighted by molar-refractivity contribution is 0.0990. The van der Waals surface area contributed by atoms with Gasteiger partial charge in [-0.3, -0.25) is 4.79 Å². The highest BCUT2D eigenvalue weighted by Crippen LogP contribution is 2.12. The van der Waals surface area contributed by atoms with E-state index in [0.717, 1.165) is 16.7 Å². The van der Waals surface area contributed by atoms with Gasteiger partial charge in [-0.1, -0.05) is 17.7 Å². The average molecular weight is 226 g/mol. The van der Waals surface area contributed by atoms with Crippen LogP contribution in [-0.2, 0) is 6.42 Å². The molecule has 0 bridgehead atoms. The highest BCUT2D eigenvalue weighted by molar-refractivity contribution is 5.98. The Kier molecular flexibility index (Phi) is 3.28. The number of hydrogen-bond acceptors (Lipinski definition) is 3. The van der Waals surface area contributed by atoms with E-state index in [2.05, 4.69) is 9.97 Å². The van der Waals surface area contributed by atoms with Crippen LogP contribution < -0.4 is 0 Å². The molecule has 17 heavy (non-hydrogen) atoms. The Morgan fingerprint density at radius 3 is 2.59 bits per heavy atom. The summed E-state index contributed by atoms with van der Waals surface area (Å²) in [7, 11) is 0.